The summed E-state index contributed by atoms with van der Waals surface area (Å²) in [5.41, 5.74) is 1.77. The lowest BCUT2D eigenvalue weighted by atomic mass is 10.4. The van der Waals surface area contributed by atoms with Gasteiger partial charge < -0.3 is 0 Å². The zero-order valence-electron chi connectivity index (χ0n) is 7.60. The average Bonchev–Trinajstić information content (AvgIpc) is 2.17. The van der Waals surface area contributed by atoms with Gasteiger partial charge in [0, 0.05) is 4.47 Å². The predicted octanol–water partition coefficient (Wildman–Crippen LogP) is 0.213. The van der Waals surface area contributed by atoms with E-state index in [0.717, 1.165) is 4.47 Å². The van der Waals surface area contributed by atoms with Gasteiger partial charge in [0.15, 0.2) is 9.84 Å². The van der Waals surface area contributed by atoms with Crippen LogP contribution in [0, 0.1) is 0 Å². The maximum Gasteiger partial charge on any atom is 0.249 e. The van der Waals surface area contributed by atoms with Crippen LogP contribution in [-0.2, 0) is 14.6 Å². The van der Waals surface area contributed by atoms with E-state index in [1.54, 1.807) is 17.6 Å². The Hall–Kier alpha value is -0.920. The van der Waals surface area contributed by atoms with Crippen LogP contribution >= 0.6 is 15.9 Å². The highest BCUT2D eigenvalue weighted by molar-refractivity contribution is 9.10. The van der Waals surface area contributed by atoms with E-state index >= 15 is 0 Å². The largest absolute Gasteiger partial charge is 0.293 e. The zero-order chi connectivity index (χ0) is 11.5. The van der Waals surface area contributed by atoms with E-state index in [-0.39, 0.29) is 4.90 Å². The molecular formula is C8H9BrN2O3S. The molecule has 0 aliphatic carbocycles. The number of halogens is 1. The lowest BCUT2D eigenvalue weighted by molar-refractivity contribution is -0.118. The van der Waals surface area contributed by atoms with Crippen molar-refractivity contribution in [3.8, 4) is 0 Å². The first-order valence-corrected chi connectivity index (χ1v) is 6.38. The summed E-state index contributed by atoms with van der Waals surface area (Å²) >= 11 is 3.18. The fourth-order valence-corrected chi connectivity index (χ4v) is 2.35. The van der Waals surface area contributed by atoms with Crippen LogP contribution in [0.2, 0.25) is 0 Å². The first-order valence-electron chi connectivity index (χ1n) is 3.93. The molecule has 1 amide bonds. The normalized spacial score (nSPS) is 11.1. The van der Waals surface area contributed by atoms with E-state index in [4.69, 9.17) is 5.84 Å². The van der Waals surface area contributed by atoms with Gasteiger partial charge in [0.25, 0.3) is 0 Å². The molecule has 0 saturated carbocycles. The van der Waals surface area contributed by atoms with Crippen LogP contribution in [0.1, 0.15) is 0 Å². The number of amides is 1. The maximum absolute atomic E-state index is 11.6. The molecule has 1 aromatic carbocycles. The lowest BCUT2D eigenvalue weighted by Crippen LogP contribution is -2.35. The number of hydrogen-bond donors (Lipinski definition) is 2. The maximum atomic E-state index is 11.6. The molecule has 3 N–H and O–H groups in total. The van der Waals surface area contributed by atoms with Crippen LogP contribution in [0.3, 0.4) is 0 Å². The fourth-order valence-electron chi connectivity index (χ4n) is 0.940. The Bertz CT molecular complexity index is 455. The van der Waals surface area contributed by atoms with Crippen molar-refractivity contribution in [2.75, 3.05) is 5.75 Å². The van der Waals surface area contributed by atoms with Crippen LogP contribution in [0.4, 0.5) is 0 Å². The van der Waals surface area contributed by atoms with E-state index in [2.05, 4.69) is 15.9 Å². The summed E-state index contributed by atoms with van der Waals surface area (Å²) in [7, 11) is -3.60. The van der Waals surface area contributed by atoms with E-state index in [9.17, 15) is 13.2 Å². The summed E-state index contributed by atoms with van der Waals surface area (Å²) in [6, 6.07) is 6.02. The second kappa shape index (κ2) is 4.73. The van der Waals surface area contributed by atoms with Crippen molar-refractivity contribution in [3.05, 3.63) is 28.7 Å². The highest BCUT2D eigenvalue weighted by Gasteiger charge is 2.18. The Labute approximate surface area is 95.7 Å². The van der Waals surface area contributed by atoms with Crippen molar-refractivity contribution in [2.45, 2.75) is 4.90 Å². The minimum absolute atomic E-state index is 0.0919. The predicted molar refractivity (Wildman–Crippen MR) is 58.5 cm³/mol. The Balaban J connectivity index is 2.96. The van der Waals surface area contributed by atoms with Gasteiger partial charge in [-0.25, -0.2) is 14.3 Å². The third-order valence-electron chi connectivity index (χ3n) is 1.65. The third kappa shape index (κ3) is 3.29. The fraction of sp³-hybridized carbons (Fsp3) is 0.125. The molecule has 5 nitrogen and oxygen atoms in total. The molecule has 1 aromatic rings. The highest BCUT2D eigenvalue weighted by Crippen LogP contribution is 2.15. The van der Waals surface area contributed by atoms with Gasteiger partial charge in [0.05, 0.1) is 4.90 Å². The standard InChI is InChI=1S/C8H9BrN2O3S/c9-6-1-3-7(4-2-6)15(13,14)5-8(12)11-10/h1-4H,5,10H2,(H,11,12). The molecule has 0 aliphatic heterocycles. The molecule has 15 heavy (non-hydrogen) atoms. The molecule has 0 atom stereocenters. The summed E-state index contributed by atoms with van der Waals surface area (Å²) in [5, 5.41) is 0. The molecule has 0 aromatic heterocycles. The summed E-state index contributed by atoms with van der Waals surface area (Å²) in [5.74, 6) is 3.42. The molecule has 0 bridgehead atoms. The first kappa shape index (κ1) is 12.2. The molecule has 0 fully saturated rings. The van der Waals surface area contributed by atoms with Gasteiger partial charge in [-0.15, -0.1) is 0 Å². The van der Waals surface area contributed by atoms with E-state index < -0.39 is 21.5 Å². The minimum atomic E-state index is -3.60. The van der Waals surface area contributed by atoms with Gasteiger partial charge in [-0.05, 0) is 24.3 Å². The average molecular weight is 293 g/mol. The number of hydrazine groups is 1. The summed E-state index contributed by atoms with van der Waals surface area (Å²) < 4.78 is 23.9. The number of rotatable bonds is 3. The van der Waals surface area contributed by atoms with Crippen LogP contribution in [0.25, 0.3) is 0 Å². The van der Waals surface area contributed by atoms with Crippen molar-refractivity contribution in [1.82, 2.24) is 5.43 Å². The van der Waals surface area contributed by atoms with E-state index in [1.165, 1.54) is 12.1 Å². The molecule has 0 radical (unpaired) electrons. The minimum Gasteiger partial charge on any atom is -0.293 e. The van der Waals surface area contributed by atoms with Gasteiger partial charge in [-0.1, -0.05) is 15.9 Å². The number of carbonyl (C=O) groups is 1. The van der Waals surface area contributed by atoms with Crippen molar-refractivity contribution in [1.29, 1.82) is 0 Å². The molecule has 82 valence electrons. The Morgan fingerprint density at radius 1 is 1.33 bits per heavy atom. The quantitative estimate of drug-likeness (QED) is 0.474. The Morgan fingerprint density at radius 3 is 2.33 bits per heavy atom. The summed E-state index contributed by atoms with van der Waals surface area (Å²) in [6.07, 6.45) is 0. The molecule has 0 saturated heterocycles. The van der Waals surface area contributed by atoms with Gasteiger partial charge in [0.2, 0.25) is 5.91 Å². The molecule has 0 heterocycles. The number of hydrogen-bond acceptors (Lipinski definition) is 4. The number of nitrogens with two attached hydrogens (primary N) is 1. The third-order valence-corrected chi connectivity index (χ3v) is 3.82. The summed E-state index contributed by atoms with van der Waals surface area (Å²) in [6.45, 7) is 0. The first-order chi connectivity index (χ1) is 6.95. The molecule has 0 unspecified atom stereocenters. The molecule has 0 aliphatic rings. The van der Waals surface area contributed by atoms with Gasteiger partial charge in [-0.3, -0.25) is 10.2 Å². The molecule has 0 spiro atoms. The number of carbonyl (C=O) groups excluding carboxylic acids is 1. The van der Waals surface area contributed by atoms with Crippen LogP contribution in [0.15, 0.2) is 33.6 Å². The number of benzene rings is 1. The van der Waals surface area contributed by atoms with Gasteiger partial charge in [-0.2, -0.15) is 0 Å². The smallest absolute Gasteiger partial charge is 0.249 e. The van der Waals surface area contributed by atoms with Crippen molar-refractivity contribution in [2.24, 2.45) is 5.84 Å². The molecule has 7 heteroatoms. The second-order valence-corrected chi connectivity index (χ2v) is 5.69. The second-order valence-electron chi connectivity index (χ2n) is 2.78. The number of sulfone groups is 1. The molecule has 1 rings (SSSR count). The summed E-state index contributed by atoms with van der Waals surface area (Å²) in [4.78, 5) is 10.9. The monoisotopic (exact) mass is 292 g/mol. The zero-order valence-corrected chi connectivity index (χ0v) is 10.0. The molecular weight excluding hydrogens is 284 g/mol. The van der Waals surface area contributed by atoms with Gasteiger partial charge in [0.1, 0.15) is 5.75 Å². The van der Waals surface area contributed by atoms with Gasteiger partial charge >= 0.3 is 0 Å². The Morgan fingerprint density at radius 2 is 1.87 bits per heavy atom. The lowest BCUT2D eigenvalue weighted by Gasteiger charge is -2.03. The van der Waals surface area contributed by atoms with Crippen molar-refractivity contribution in [3.63, 3.8) is 0 Å². The van der Waals surface area contributed by atoms with Crippen LogP contribution in [0.5, 0.6) is 0 Å². The SMILES string of the molecule is NNC(=O)CS(=O)(=O)c1ccc(Br)cc1. The van der Waals surface area contributed by atoms with Crippen molar-refractivity contribution < 1.29 is 13.2 Å². The highest BCUT2D eigenvalue weighted by atomic mass is 79.9. The Kier molecular flexibility index (Phi) is 3.83. The number of nitrogens with one attached hydrogen (secondary N) is 1. The van der Waals surface area contributed by atoms with Crippen molar-refractivity contribution >= 4 is 31.7 Å². The van der Waals surface area contributed by atoms with E-state index in [0.29, 0.717) is 0 Å². The van der Waals surface area contributed by atoms with Crippen LogP contribution < -0.4 is 11.3 Å². The topological polar surface area (TPSA) is 89.3 Å². The van der Waals surface area contributed by atoms with Crippen LogP contribution in [-0.4, -0.2) is 20.1 Å². The van der Waals surface area contributed by atoms with E-state index in [1.807, 2.05) is 0 Å².